The highest BCUT2D eigenvalue weighted by Crippen LogP contribution is 2.35. The van der Waals surface area contributed by atoms with Crippen molar-refractivity contribution >= 4 is 82.5 Å². The third-order valence-electron chi connectivity index (χ3n) is 5.64. The maximum atomic E-state index is 12.8. The lowest BCUT2D eigenvalue weighted by molar-refractivity contribution is -0.122. The van der Waals surface area contributed by atoms with E-state index in [1.807, 2.05) is 37.3 Å². The molecule has 39 heavy (non-hydrogen) atoms. The number of nitrogens with zero attached hydrogens (tertiary/aromatic N) is 3. The lowest BCUT2D eigenvalue weighted by Gasteiger charge is -2.21. The molecule has 0 aliphatic rings. The average molecular weight is 608 g/mol. The Hall–Kier alpha value is -3.36. The molecule has 0 aliphatic heterocycles. The molecule has 0 radical (unpaired) electrons. The highest BCUT2D eigenvalue weighted by atomic mass is 35.5. The van der Waals surface area contributed by atoms with Crippen LogP contribution in [-0.4, -0.2) is 35.4 Å². The molecule has 0 bridgehead atoms. The van der Waals surface area contributed by atoms with E-state index in [2.05, 4.69) is 15.3 Å². The van der Waals surface area contributed by atoms with Crippen LogP contribution in [0.3, 0.4) is 0 Å². The van der Waals surface area contributed by atoms with Gasteiger partial charge in [-0.2, -0.15) is 0 Å². The molecule has 2 amide bonds. The van der Waals surface area contributed by atoms with Crippen LogP contribution in [0.4, 0.5) is 5.69 Å². The Kier molecular flexibility index (Phi) is 12.0. The molecule has 204 valence electrons. The molecular formula is C28H26Cl4N4O3. The van der Waals surface area contributed by atoms with Gasteiger partial charge in [-0.1, -0.05) is 41.4 Å². The predicted molar refractivity (Wildman–Crippen MR) is 161 cm³/mol. The Balaban J connectivity index is 0.00000267. The van der Waals surface area contributed by atoms with E-state index in [0.717, 1.165) is 22.2 Å². The molecule has 0 saturated heterocycles. The van der Waals surface area contributed by atoms with Crippen molar-refractivity contribution < 1.29 is 14.3 Å². The first-order chi connectivity index (χ1) is 17.8. The quantitative estimate of drug-likeness (QED) is 0.232. The number of hydrogen-bond donors (Lipinski definition) is 1. The fourth-order valence-corrected chi connectivity index (χ4v) is 4.19. The Morgan fingerprint density at radius 2 is 1.77 bits per heavy atom. The molecule has 2 aromatic heterocycles. The summed E-state index contributed by atoms with van der Waals surface area (Å²) in [6.07, 6.45) is 6.26. The summed E-state index contributed by atoms with van der Waals surface area (Å²) in [6, 6.07) is 16.5. The van der Waals surface area contributed by atoms with E-state index in [1.54, 1.807) is 49.8 Å². The van der Waals surface area contributed by atoms with E-state index in [9.17, 15) is 9.59 Å². The van der Waals surface area contributed by atoms with Gasteiger partial charge in [0.05, 0.1) is 17.3 Å². The van der Waals surface area contributed by atoms with Crippen molar-refractivity contribution in [1.29, 1.82) is 0 Å². The number of carbonyl (C=O) groups is 2. The van der Waals surface area contributed by atoms with Crippen LogP contribution in [0.5, 0.6) is 5.75 Å². The number of benzene rings is 2. The van der Waals surface area contributed by atoms with Gasteiger partial charge in [0.2, 0.25) is 11.8 Å². The molecule has 2 aromatic carbocycles. The van der Waals surface area contributed by atoms with Gasteiger partial charge in [0.1, 0.15) is 17.9 Å². The van der Waals surface area contributed by atoms with Crippen LogP contribution in [0.1, 0.15) is 16.8 Å². The normalized spacial score (nSPS) is 10.5. The molecule has 0 saturated carbocycles. The number of likely N-dealkylation sites (N-methyl/N-ethyl adjacent to an activating group) is 1. The number of anilines is 1. The summed E-state index contributed by atoms with van der Waals surface area (Å²) in [6.45, 7) is 1.79. The Labute approximate surface area is 249 Å². The number of fused-ring (bicyclic) bond motifs is 1. The maximum absolute atomic E-state index is 12.8. The maximum Gasteiger partial charge on any atom is 0.246 e. The van der Waals surface area contributed by atoms with E-state index in [4.69, 9.17) is 27.9 Å². The van der Waals surface area contributed by atoms with Crippen LogP contribution in [-0.2, 0) is 16.2 Å². The zero-order chi connectivity index (χ0) is 26.4. The van der Waals surface area contributed by atoms with Crippen molar-refractivity contribution in [3.05, 3.63) is 99.9 Å². The second kappa shape index (κ2) is 14.7. The summed E-state index contributed by atoms with van der Waals surface area (Å²) in [5, 5.41) is 4.24. The third kappa shape index (κ3) is 8.07. The van der Waals surface area contributed by atoms with Crippen molar-refractivity contribution in [1.82, 2.24) is 15.3 Å². The number of pyridine rings is 2. The fourth-order valence-electron chi connectivity index (χ4n) is 3.58. The van der Waals surface area contributed by atoms with E-state index >= 15 is 0 Å². The second-order valence-corrected chi connectivity index (χ2v) is 9.00. The number of rotatable bonds is 8. The van der Waals surface area contributed by atoms with Crippen LogP contribution in [0.2, 0.25) is 10.0 Å². The standard InChI is InChI=1S/C28H24Cl2N4O3.2ClH/c1-18-6-8-20-4-3-5-24(28(20)33-18)37-17-21-22(29)9-10-23(27(21)30)34(2)26(36)16-32-25(35)11-7-19-12-14-31-15-13-19;;/h3-15H,16-17H2,1-2H3,(H,32,35);2*1H. The molecule has 11 heteroatoms. The Bertz CT molecular complexity index is 1480. The number of para-hydroxylation sites is 1. The van der Waals surface area contributed by atoms with Gasteiger partial charge in [-0.05, 0) is 55.0 Å². The second-order valence-electron chi connectivity index (χ2n) is 8.21. The van der Waals surface area contributed by atoms with Gasteiger partial charge in [0, 0.05) is 47.2 Å². The molecule has 4 rings (SSSR count). The van der Waals surface area contributed by atoms with Crippen molar-refractivity contribution in [2.75, 3.05) is 18.5 Å². The number of hydrogen-bond acceptors (Lipinski definition) is 5. The molecule has 0 fully saturated rings. The van der Waals surface area contributed by atoms with Crippen molar-refractivity contribution in [2.45, 2.75) is 13.5 Å². The van der Waals surface area contributed by atoms with Crippen LogP contribution in [0, 0.1) is 6.92 Å². The molecule has 7 nitrogen and oxygen atoms in total. The highest BCUT2D eigenvalue weighted by molar-refractivity contribution is 6.38. The molecule has 0 spiro atoms. The van der Waals surface area contributed by atoms with Crippen molar-refractivity contribution in [2.24, 2.45) is 0 Å². The fraction of sp³-hybridized carbons (Fsp3) is 0.143. The molecule has 0 atom stereocenters. The van der Waals surface area contributed by atoms with Crippen LogP contribution < -0.4 is 15.0 Å². The molecule has 0 unspecified atom stereocenters. The van der Waals surface area contributed by atoms with Gasteiger partial charge in [-0.25, -0.2) is 4.98 Å². The SMILES string of the molecule is Cc1ccc2cccc(OCc3c(Cl)ccc(N(C)C(=O)CNC(=O)C=Cc4ccncc4)c3Cl)c2n1.Cl.Cl. The van der Waals surface area contributed by atoms with Crippen LogP contribution >= 0.6 is 48.0 Å². The number of aryl methyl sites for hydroxylation is 1. The number of nitrogens with one attached hydrogen (secondary N) is 1. The van der Waals surface area contributed by atoms with Gasteiger partial charge >= 0.3 is 0 Å². The minimum Gasteiger partial charge on any atom is -0.487 e. The number of carbonyl (C=O) groups excluding carboxylic acids is 2. The molecular weight excluding hydrogens is 582 g/mol. The summed E-state index contributed by atoms with van der Waals surface area (Å²) in [4.78, 5) is 34.8. The zero-order valence-corrected chi connectivity index (χ0v) is 24.2. The minimum atomic E-state index is -0.395. The number of amides is 2. The lowest BCUT2D eigenvalue weighted by atomic mass is 10.1. The summed E-state index contributed by atoms with van der Waals surface area (Å²) < 4.78 is 6.06. The molecule has 2 heterocycles. The largest absolute Gasteiger partial charge is 0.487 e. The zero-order valence-electron chi connectivity index (χ0n) is 21.1. The monoisotopic (exact) mass is 606 g/mol. The summed E-state index contributed by atoms with van der Waals surface area (Å²) in [7, 11) is 1.58. The first kappa shape index (κ1) is 31.9. The van der Waals surface area contributed by atoms with E-state index in [1.165, 1.54) is 11.0 Å². The average Bonchev–Trinajstić information content (AvgIpc) is 2.90. The van der Waals surface area contributed by atoms with Gasteiger partial charge in [0.15, 0.2) is 0 Å². The smallest absolute Gasteiger partial charge is 0.246 e. The van der Waals surface area contributed by atoms with Crippen LogP contribution in [0.25, 0.3) is 17.0 Å². The van der Waals surface area contributed by atoms with E-state index < -0.39 is 5.91 Å². The summed E-state index contributed by atoms with van der Waals surface area (Å²) >= 11 is 13.1. The number of aromatic nitrogens is 2. The van der Waals surface area contributed by atoms with Gasteiger partial charge < -0.3 is 15.0 Å². The van der Waals surface area contributed by atoms with Gasteiger partial charge in [-0.3, -0.25) is 14.6 Å². The van der Waals surface area contributed by atoms with E-state index in [-0.39, 0.29) is 48.9 Å². The lowest BCUT2D eigenvalue weighted by Crippen LogP contribution is -2.37. The Morgan fingerprint density at radius 1 is 1.03 bits per heavy atom. The van der Waals surface area contributed by atoms with Gasteiger partial charge in [0.25, 0.3) is 0 Å². The first-order valence-corrected chi connectivity index (χ1v) is 12.2. The van der Waals surface area contributed by atoms with Gasteiger partial charge in [-0.15, -0.1) is 24.8 Å². The topological polar surface area (TPSA) is 84.4 Å². The van der Waals surface area contributed by atoms with Crippen molar-refractivity contribution in [3.8, 4) is 5.75 Å². The molecule has 1 N–H and O–H groups in total. The third-order valence-corrected chi connectivity index (χ3v) is 6.42. The minimum absolute atomic E-state index is 0. The highest BCUT2D eigenvalue weighted by Gasteiger charge is 2.19. The van der Waals surface area contributed by atoms with E-state index in [0.29, 0.717) is 22.0 Å². The number of ether oxygens (including phenoxy) is 1. The first-order valence-electron chi connectivity index (χ1n) is 11.4. The number of halogens is 4. The van der Waals surface area contributed by atoms with Crippen LogP contribution in [0.15, 0.2) is 73.1 Å². The van der Waals surface area contributed by atoms with Crippen molar-refractivity contribution in [3.63, 3.8) is 0 Å². The Morgan fingerprint density at radius 3 is 2.51 bits per heavy atom. The summed E-state index contributed by atoms with van der Waals surface area (Å²) in [5.74, 6) is -0.144. The predicted octanol–water partition coefficient (Wildman–Crippen LogP) is 6.46. The summed E-state index contributed by atoms with van der Waals surface area (Å²) in [5.41, 5.74) is 3.43. The molecule has 0 aliphatic carbocycles. The molecule has 4 aromatic rings.